The van der Waals surface area contributed by atoms with Gasteiger partial charge in [-0.25, -0.2) is 4.98 Å². The van der Waals surface area contributed by atoms with Gasteiger partial charge in [-0.3, -0.25) is 0 Å². The van der Waals surface area contributed by atoms with Crippen molar-refractivity contribution >= 4 is 83.6 Å². The largest absolute Gasteiger partial charge is 0.436 e. The van der Waals surface area contributed by atoms with Crippen molar-refractivity contribution in [3.63, 3.8) is 0 Å². The number of benzene rings is 8. The van der Waals surface area contributed by atoms with E-state index in [1.807, 2.05) is 18.2 Å². The van der Waals surface area contributed by atoms with Crippen molar-refractivity contribution in [1.29, 1.82) is 0 Å². The first-order chi connectivity index (χ1) is 25.2. The zero-order chi connectivity index (χ0) is 33.4. The van der Waals surface area contributed by atoms with Crippen molar-refractivity contribution in [2.45, 2.75) is 6.92 Å². The molecule has 2 aromatic heterocycles. The standard InChI is InChI=1S/C46H28BN3O/c1-27-19-21-31(22-20-27)50-38-18-10-9-17-34(38)42-32-15-7-8-16-33(32)43-35-23-29-13-5-6-14-30(29)24-39(35)49-40-26-37-41(25-36(40)47(50)44(42)45(43)49)51-46(48-37)28-11-3-2-4-12-28/h2-26H,1H3. The molecule has 2 aliphatic rings. The highest BCUT2D eigenvalue weighted by atomic mass is 16.3. The van der Waals surface area contributed by atoms with Crippen molar-refractivity contribution < 1.29 is 4.42 Å². The molecule has 236 valence electrons. The van der Waals surface area contributed by atoms with Crippen molar-refractivity contribution in [1.82, 2.24) is 9.55 Å². The maximum absolute atomic E-state index is 6.61. The third-order valence-corrected chi connectivity index (χ3v) is 11.2. The number of anilines is 2. The first-order valence-corrected chi connectivity index (χ1v) is 17.6. The predicted octanol–water partition coefficient (Wildman–Crippen LogP) is 10.4. The summed E-state index contributed by atoms with van der Waals surface area (Å²) in [6, 6.07) is 55.2. The van der Waals surface area contributed by atoms with E-state index in [-0.39, 0.29) is 6.85 Å². The summed E-state index contributed by atoms with van der Waals surface area (Å²) in [5, 5.41) is 7.59. The molecule has 0 aliphatic carbocycles. The van der Waals surface area contributed by atoms with Gasteiger partial charge in [-0.1, -0.05) is 103 Å². The number of nitrogens with zero attached hydrogens (tertiary/aromatic N) is 3. The monoisotopic (exact) mass is 649 g/mol. The SMILES string of the molecule is Cc1ccc(N2B3c4cc5oc(-c6ccccc6)nc5cc4-n4c5cc6ccccc6cc5c5c6ccccc6c(c3c54)-c3ccccc32)cc1. The van der Waals surface area contributed by atoms with Crippen LogP contribution in [-0.4, -0.2) is 16.4 Å². The second-order valence-corrected chi connectivity index (χ2v) is 14.0. The number of hydrogen-bond acceptors (Lipinski definition) is 3. The van der Waals surface area contributed by atoms with E-state index in [1.54, 1.807) is 0 Å². The van der Waals surface area contributed by atoms with Crippen LogP contribution in [0.5, 0.6) is 0 Å². The Morgan fingerprint density at radius 1 is 0.627 bits per heavy atom. The Labute approximate surface area is 293 Å². The third-order valence-electron chi connectivity index (χ3n) is 11.2. The van der Waals surface area contributed by atoms with Gasteiger partial charge in [-0.05, 0) is 99.6 Å². The molecule has 12 rings (SSSR count). The summed E-state index contributed by atoms with van der Waals surface area (Å²) < 4.78 is 9.14. The Kier molecular flexibility index (Phi) is 5.22. The fraction of sp³-hybridized carbons (Fsp3) is 0.0217. The van der Waals surface area contributed by atoms with Crippen LogP contribution >= 0.6 is 0 Å². The summed E-state index contributed by atoms with van der Waals surface area (Å²) in [5.41, 5.74) is 14.9. The summed E-state index contributed by atoms with van der Waals surface area (Å²) in [6.45, 7) is 2.04. The number of aromatic nitrogens is 2. The Morgan fingerprint density at radius 3 is 2.20 bits per heavy atom. The molecule has 0 radical (unpaired) electrons. The molecule has 0 N–H and O–H groups in total. The van der Waals surface area contributed by atoms with Gasteiger partial charge in [-0.2, -0.15) is 0 Å². The first-order valence-electron chi connectivity index (χ1n) is 17.6. The van der Waals surface area contributed by atoms with E-state index in [1.165, 1.54) is 76.7 Å². The molecule has 5 heteroatoms. The molecular formula is C46H28BN3O. The highest BCUT2D eigenvalue weighted by Crippen LogP contribution is 2.49. The van der Waals surface area contributed by atoms with Crippen LogP contribution in [0.15, 0.2) is 156 Å². The molecule has 4 heterocycles. The van der Waals surface area contributed by atoms with Crippen LogP contribution in [0.25, 0.3) is 82.7 Å². The van der Waals surface area contributed by atoms with Crippen molar-refractivity contribution in [2.24, 2.45) is 0 Å². The molecular weight excluding hydrogens is 621 g/mol. The predicted molar refractivity (Wildman–Crippen MR) is 213 cm³/mol. The van der Waals surface area contributed by atoms with Gasteiger partial charge in [0.25, 0.3) is 0 Å². The molecule has 0 fully saturated rings. The normalized spacial score (nSPS) is 13.1. The minimum Gasteiger partial charge on any atom is -0.436 e. The van der Waals surface area contributed by atoms with Crippen molar-refractivity contribution in [3.8, 4) is 28.3 Å². The molecule has 0 saturated carbocycles. The van der Waals surface area contributed by atoms with E-state index < -0.39 is 0 Å². The van der Waals surface area contributed by atoms with Crippen LogP contribution in [0.4, 0.5) is 11.4 Å². The summed E-state index contributed by atoms with van der Waals surface area (Å²) in [6.07, 6.45) is 0. The molecule has 4 nitrogen and oxygen atoms in total. The lowest BCUT2D eigenvalue weighted by Gasteiger charge is -2.42. The zero-order valence-corrected chi connectivity index (χ0v) is 27.8. The minimum atomic E-state index is -0.111. The highest BCUT2D eigenvalue weighted by molar-refractivity contribution is 6.94. The fourth-order valence-electron chi connectivity index (χ4n) is 9.04. The van der Waals surface area contributed by atoms with Crippen LogP contribution in [0.1, 0.15) is 5.56 Å². The lowest BCUT2D eigenvalue weighted by molar-refractivity contribution is 0.620. The van der Waals surface area contributed by atoms with Gasteiger partial charge >= 0.3 is 6.85 Å². The number of para-hydroxylation sites is 1. The van der Waals surface area contributed by atoms with E-state index in [4.69, 9.17) is 9.40 Å². The second-order valence-electron chi connectivity index (χ2n) is 14.0. The summed E-state index contributed by atoms with van der Waals surface area (Å²) in [5.74, 6) is 0.634. The fourth-order valence-corrected chi connectivity index (χ4v) is 9.04. The molecule has 0 unspecified atom stereocenters. The van der Waals surface area contributed by atoms with Gasteiger partial charge < -0.3 is 13.8 Å². The molecule has 10 aromatic rings. The maximum atomic E-state index is 6.61. The van der Waals surface area contributed by atoms with E-state index in [0.717, 1.165) is 28.0 Å². The zero-order valence-electron chi connectivity index (χ0n) is 27.8. The van der Waals surface area contributed by atoms with E-state index >= 15 is 0 Å². The number of aryl methyl sites for hydroxylation is 1. The molecule has 2 aliphatic heterocycles. The highest BCUT2D eigenvalue weighted by Gasteiger charge is 2.45. The van der Waals surface area contributed by atoms with Crippen LogP contribution in [0.2, 0.25) is 0 Å². The van der Waals surface area contributed by atoms with Crippen LogP contribution in [0.3, 0.4) is 0 Å². The topological polar surface area (TPSA) is 34.2 Å². The van der Waals surface area contributed by atoms with E-state index in [9.17, 15) is 0 Å². The Hall–Kier alpha value is -6.59. The molecule has 0 bridgehead atoms. The quantitative estimate of drug-likeness (QED) is 0.175. The molecule has 51 heavy (non-hydrogen) atoms. The molecule has 0 spiro atoms. The average molecular weight is 650 g/mol. The van der Waals surface area contributed by atoms with Gasteiger partial charge in [0.2, 0.25) is 5.89 Å². The molecule has 0 saturated heterocycles. The first kappa shape index (κ1) is 27.3. The summed E-state index contributed by atoms with van der Waals surface area (Å²) in [4.78, 5) is 7.64. The maximum Gasteiger partial charge on any atom is 0.333 e. The number of hydrogen-bond donors (Lipinski definition) is 0. The van der Waals surface area contributed by atoms with E-state index in [0.29, 0.717) is 5.89 Å². The lowest BCUT2D eigenvalue weighted by atomic mass is 9.43. The Morgan fingerprint density at radius 2 is 1.35 bits per heavy atom. The smallest absolute Gasteiger partial charge is 0.333 e. The van der Waals surface area contributed by atoms with Crippen LogP contribution < -0.4 is 15.7 Å². The number of rotatable bonds is 2. The molecule has 0 amide bonds. The number of oxazole rings is 1. The average Bonchev–Trinajstić information content (AvgIpc) is 3.75. The summed E-state index contributed by atoms with van der Waals surface area (Å²) in [7, 11) is 0. The lowest BCUT2D eigenvalue weighted by Crippen LogP contribution is -2.60. The second kappa shape index (κ2) is 9.77. The van der Waals surface area contributed by atoms with E-state index in [2.05, 4.69) is 150 Å². The third kappa shape index (κ3) is 3.57. The van der Waals surface area contributed by atoms with Gasteiger partial charge in [0.05, 0.1) is 11.0 Å². The Balaban J connectivity index is 1.31. The minimum absolute atomic E-state index is 0.111. The number of fused-ring (bicyclic) bond motifs is 13. The van der Waals surface area contributed by atoms with Crippen LogP contribution in [0, 0.1) is 6.92 Å². The van der Waals surface area contributed by atoms with Crippen LogP contribution in [-0.2, 0) is 0 Å². The van der Waals surface area contributed by atoms with Gasteiger partial charge in [0.15, 0.2) is 5.58 Å². The van der Waals surface area contributed by atoms with Gasteiger partial charge in [-0.15, -0.1) is 0 Å². The van der Waals surface area contributed by atoms with Gasteiger partial charge in [0.1, 0.15) is 5.52 Å². The molecule has 8 aromatic carbocycles. The van der Waals surface area contributed by atoms with Crippen molar-refractivity contribution in [2.75, 3.05) is 4.81 Å². The Bertz CT molecular complexity index is 3100. The summed E-state index contributed by atoms with van der Waals surface area (Å²) >= 11 is 0. The van der Waals surface area contributed by atoms with Gasteiger partial charge in [0, 0.05) is 39.0 Å². The molecule has 0 atom stereocenters. The van der Waals surface area contributed by atoms with Crippen molar-refractivity contribution in [3.05, 3.63) is 157 Å².